The number of anilines is 2. The van der Waals surface area contributed by atoms with Gasteiger partial charge in [-0.1, -0.05) is 5.16 Å². The fraction of sp³-hybridized carbons (Fsp3) is 0.0833. The van der Waals surface area contributed by atoms with Gasteiger partial charge in [-0.3, -0.25) is 4.98 Å². The SMILES string of the molecule is Nc1ccc(NCc2ncon2)c2cnccc12. The van der Waals surface area contributed by atoms with Crippen LogP contribution in [0.5, 0.6) is 0 Å². The van der Waals surface area contributed by atoms with Crippen LogP contribution in [0.3, 0.4) is 0 Å². The van der Waals surface area contributed by atoms with Crippen LogP contribution in [0, 0.1) is 0 Å². The first kappa shape index (κ1) is 10.5. The molecule has 0 atom stereocenters. The molecule has 1 aromatic carbocycles. The molecule has 2 aromatic heterocycles. The smallest absolute Gasteiger partial charge is 0.213 e. The maximum atomic E-state index is 5.92. The van der Waals surface area contributed by atoms with Crippen molar-refractivity contribution in [3.8, 4) is 0 Å². The van der Waals surface area contributed by atoms with Crippen molar-refractivity contribution in [1.82, 2.24) is 15.1 Å². The van der Waals surface area contributed by atoms with E-state index in [0.29, 0.717) is 12.4 Å². The highest BCUT2D eigenvalue weighted by atomic mass is 16.5. The standard InChI is InChI=1S/C12H11N5O/c13-10-1-2-11(9-5-14-4-3-8(9)10)15-6-12-16-7-18-17-12/h1-5,7,15H,6,13H2. The molecule has 2 heterocycles. The van der Waals surface area contributed by atoms with E-state index in [-0.39, 0.29) is 0 Å². The van der Waals surface area contributed by atoms with E-state index in [0.717, 1.165) is 22.1 Å². The maximum absolute atomic E-state index is 5.92. The van der Waals surface area contributed by atoms with Crippen LogP contribution in [-0.4, -0.2) is 15.1 Å². The number of aromatic nitrogens is 3. The number of fused-ring (bicyclic) bond motifs is 1. The molecule has 3 N–H and O–H groups in total. The van der Waals surface area contributed by atoms with Gasteiger partial charge in [-0.05, 0) is 18.2 Å². The van der Waals surface area contributed by atoms with Crippen LogP contribution in [0.1, 0.15) is 5.82 Å². The van der Waals surface area contributed by atoms with E-state index in [1.165, 1.54) is 6.39 Å². The maximum Gasteiger partial charge on any atom is 0.213 e. The minimum absolute atomic E-state index is 0.490. The topological polar surface area (TPSA) is 89.9 Å². The molecule has 0 bridgehead atoms. The van der Waals surface area contributed by atoms with E-state index in [2.05, 4.69) is 25.0 Å². The van der Waals surface area contributed by atoms with Crippen LogP contribution < -0.4 is 11.1 Å². The Balaban J connectivity index is 1.94. The van der Waals surface area contributed by atoms with Crippen LogP contribution in [0.4, 0.5) is 11.4 Å². The number of nitrogens with zero attached hydrogens (tertiary/aromatic N) is 3. The van der Waals surface area contributed by atoms with Gasteiger partial charge in [0.2, 0.25) is 6.39 Å². The van der Waals surface area contributed by atoms with Crippen LogP contribution in [-0.2, 0) is 6.54 Å². The van der Waals surface area contributed by atoms with Crippen molar-refractivity contribution >= 4 is 22.1 Å². The lowest BCUT2D eigenvalue weighted by Crippen LogP contribution is -2.02. The zero-order chi connectivity index (χ0) is 12.4. The van der Waals surface area contributed by atoms with Crippen molar-refractivity contribution in [2.45, 2.75) is 6.54 Å². The average Bonchev–Trinajstić information content (AvgIpc) is 2.92. The number of rotatable bonds is 3. The lowest BCUT2D eigenvalue weighted by molar-refractivity contribution is 0.411. The fourth-order valence-corrected chi connectivity index (χ4v) is 1.81. The first-order chi connectivity index (χ1) is 8.84. The summed E-state index contributed by atoms with van der Waals surface area (Å²) in [6.07, 6.45) is 4.81. The lowest BCUT2D eigenvalue weighted by Gasteiger charge is -2.09. The molecular formula is C12H11N5O. The van der Waals surface area contributed by atoms with Crippen molar-refractivity contribution in [3.63, 3.8) is 0 Å². The largest absolute Gasteiger partial charge is 0.398 e. The molecule has 0 saturated carbocycles. The Bertz CT molecular complexity index is 665. The number of hydrogen-bond acceptors (Lipinski definition) is 6. The van der Waals surface area contributed by atoms with Gasteiger partial charge >= 0.3 is 0 Å². The van der Waals surface area contributed by atoms with Crippen LogP contribution in [0.2, 0.25) is 0 Å². The van der Waals surface area contributed by atoms with Gasteiger partial charge in [-0.15, -0.1) is 0 Å². The minimum atomic E-state index is 0.490. The van der Waals surface area contributed by atoms with Gasteiger partial charge in [0.25, 0.3) is 0 Å². The van der Waals surface area contributed by atoms with Crippen molar-refractivity contribution in [3.05, 3.63) is 42.8 Å². The summed E-state index contributed by atoms with van der Waals surface area (Å²) < 4.78 is 4.68. The molecule has 18 heavy (non-hydrogen) atoms. The zero-order valence-corrected chi connectivity index (χ0v) is 9.50. The Kier molecular flexibility index (Phi) is 2.53. The van der Waals surface area contributed by atoms with Crippen LogP contribution in [0.15, 0.2) is 41.5 Å². The summed E-state index contributed by atoms with van der Waals surface area (Å²) in [6.45, 7) is 0.490. The molecule has 3 rings (SSSR count). The van der Waals surface area contributed by atoms with E-state index in [1.54, 1.807) is 12.4 Å². The van der Waals surface area contributed by atoms with E-state index < -0.39 is 0 Å². The first-order valence-electron chi connectivity index (χ1n) is 5.46. The summed E-state index contributed by atoms with van der Waals surface area (Å²) in [4.78, 5) is 8.06. The Morgan fingerprint density at radius 3 is 3.00 bits per heavy atom. The number of benzene rings is 1. The van der Waals surface area contributed by atoms with Gasteiger partial charge in [-0.2, -0.15) is 4.98 Å². The number of nitrogens with one attached hydrogen (secondary N) is 1. The van der Waals surface area contributed by atoms with Crippen molar-refractivity contribution < 1.29 is 4.52 Å². The van der Waals surface area contributed by atoms with E-state index in [9.17, 15) is 0 Å². The third-order valence-corrected chi connectivity index (χ3v) is 2.70. The fourth-order valence-electron chi connectivity index (χ4n) is 1.81. The van der Waals surface area contributed by atoms with Gasteiger partial charge in [0, 0.05) is 34.5 Å². The Morgan fingerprint density at radius 1 is 1.22 bits per heavy atom. The molecule has 0 aliphatic carbocycles. The monoisotopic (exact) mass is 241 g/mol. The van der Waals surface area contributed by atoms with Crippen LogP contribution >= 0.6 is 0 Å². The summed E-state index contributed by atoms with van der Waals surface area (Å²) in [5.74, 6) is 0.601. The molecule has 0 saturated heterocycles. The highest BCUT2D eigenvalue weighted by molar-refractivity contribution is 6.00. The van der Waals surface area contributed by atoms with Gasteiger partial charge in [0.05, 0.1) is 6.54 Å². The second kappa shape index (κ2) is 4.33. The minimum Gasteiger partial charge on any atom is -0.398 e. The molecule has 0 amide bonds. The van der Waals surface area contributed by atoms with Crippen molar-refractivity contribution in [2.24, 2.45) is 0 Å². The molecule has 0 aliphatic heterocycles. The second-order valence-corrected chi connectivity index (χ2v) is 3.82. The van der Waals surface area contributed by atoms with Gasteiger partial charge in [0.15, 0.2) is 5.82 Å². The number of hydrogen-bond donors (Lipinski definition) is 2. The number of nitrogen functional groups attached to an aromatic ring is 1. The van der Waals surface area contributed by atoms with E-state index in [1.807, 2.05) is 18.2 Å². The molecule has 0 spiro atoms. The summed E-state index contributed by atoms with van der Waals surface area (Å²) in [5.41, 5.74) is 7.60. The normalized spacial score (nSPS) is 10.7. The summed E-state index contributed by atoms with van der Waals surface area (Å²) in [6, 6.07) is 5.67. The molecular weight excluding hydrogens is 230 g/mol. The molecule has 0 aliphatic rings. The lowest BCUT2D eigenvalue weighted by atomic mass is 10.1. The predicted octanol–water partition coefficient (Wildman–Crippen LogP) is 1.81. The summed E-state index contributed by atoms with van der Waals surface area (Å²) >= 11 is 0. The highest BCUT2D eigenvalue weighted by Gasteiger charge is 2.05. The molecule has 3 aromatic rings. The Hall–Kier alpha value is -2.63. The van der Waals surface area contributed by atoms with E-state index >= 15 is 0 Å². The first-order valence-corrected chi connectivity index (χ1v) is 5.46. The summed E-state index contributed by atoms with van der Waals surface area (Å²) in [7, 11) is 0. The molecule has 90 valence electrons. The third-order valence-electron chi connectivity index (χ3n) is 2.70. The number of nitrogens with two attached hydrogens (primary N) is 1. The van der Waals surface area contributed by atoms with E-state index in [4.69, 9.17) is 5.73 Å². The molecule has 0 unspecified atom stereocenters. The quantitative estimate of drug-likeness (QED) is 0.680. The zero-order valence-electron chi connectivity index (χ0n) is 9.50. The predicted molar refractivity (Wildman–Crippen MR) is 67.8 cm³/mol. The third kappa shape index (κ3) is 1.84. The Morgan fingerprint density at radius 2 is 2.17 bits per heavy atom. The molecule has 6 heteroatoms. The van der Waals surface area contributed by atoms with Gasteiger partial charge < -0.3 is 15.6 Å². The highest BCUT2D eigenvalue weighted by Crippen LogP contribution is 2.27. The molecule has 0 radical (unpaired) electrons. The number of pyridine rings is 1. The van der Waals surface area contributed by atoms with Gasteiger partial charge in [-0.25, -0.2) is 0 Å². The Labute approximate surface area is 103 Å². The molecule has 0 fully saturated rings. The second-order valence-electron chi connectivity index (χ2n) is 3.82. The van der Waals surface area contributed by atoms with Crippen molar-refractivity contribution in [2.75, 3.05) is 11.1 Å². The molecule has 6 nitrogen and oxygen atoms in total. The average molecular weight is 241 g/mol. The summed E-state index contributed by atoms with van der Waals surface area (Å²) in [5, 5.41) is 8.92. The van der Waals surface area contributed by atoms with Gasteiger partial charge in [0.1, 0.15) is 0 Å². The van der Waals surface area contributed by atoms with Crippen molar-refractivity contribution in [1.29, 1.82) is 0 Å². The van der Waals surface area contributed by atoms with Crippen LogP contribution in [0.25, 0.3) is 10.8 Å².